The van der Waals surface area contributed by atoms with Crippen LogP contribution in [0.3, 0.4) is 0 Å². The van der Waals surface area contributed by atoms with Gasteiger partial charge < -0.3 is 14.2 Å². The molecule has 0 radical (unpaired) electrons. The normalized spacial score (nSPS) is 19.5. The summed E-state index contributed by atoms with van der Waals surface area (Å²) in [6, 6.07) is 14.5. The molecule has 33 heavy (non-hydrogen) atoms. The smallest absolute Gasteiger partial charge is 0.223 e. The van der Waals surface area contributed by atoms with Gasteiger partial charge >= 0.3 is 0 Å². The Morgan fingerprint density at radius 1 is 1.12 bits per heavy atom. The third-order valence-corrected chi connectivity index (χ3v) is 7.57. The first kappa shape index (κ1) is 22.3. The molecule has 0 spiro atoms. The van der Waals surface area contributed by atoms with Crippen LogP contribution in [0.4, 0.5) is 0 Å². The first-order valence-corrected chi connectivity index (χ1v) is 12.6. The molecule has 2 heterocycles. The zero-order chi connectivity index (χ0) is 22.8. The van der Waals surface area contributed by atoms with E-state index >= 15 is 0 Å². The number of halogens is 1. The van der Waals surface area contributed by atoms with Gasteiger partial charge in [0.2, 0.25) is 5.91 Å². The highest BCUT2D eigenvalue weighted by Gasteiger charge is 2.37. The van der Waals surface area contributed by atoms with Crippen LogP contribution in [0.15, 0.2) is 42.5 Å². The van der Waals surface area contributed by atoms with Crippen molar-refractivity contribution in [2.45, 2.75) is 70.4 Å². The maximum atomic E-state index is 12.9. The van der Waals surface area contributed by atoms with Gasteiger partial charge in [0.25, 0.3) is 0 Å². The highest BCUT2D eigenvalue weighted by Crippen LogP contribution is 2.34. The molecule has 1 aliphatic carbocycles. The Kier molecular flexibility index (Phi) is 6.59. The van der Waals surface area contributed by atoms with Gasteiger partial charge in [0, 0.05) is 36.5 Å². The van der Waals surface area contributed by atoms with E-state index in [1.165, 1.54) is 19.3 Å². The van der Waals surface area contributed by atoms with E-state index in [0.717, 1.165) is 65.5 Å². The fourth-order valence-corrected chi connectivity index (χ4v) is 5.53. The molecule has 1 saturated heterocycles. The summed E-state index contributed by atoms with van der Waals surface area (Å²) in [6.45, 7) is 4.22. The van der Waals surface area contributed by atoms with Gasteiger partial charge in [-0.05, 0) is 62.1 Å². The van der Waals surface area contributed by atoms with Crippen LogP contribution in [-0.2, 0) is 11.3 Å². The largest absolute Gasteiger partial charge is 0.494 e. The van der Waals surface area contributed by atoms with E-state index in [4.69, 9.17) is 21.3 Å². The average molecular weight is 466 g/mol. The van der Waals surface area contributed by atoms with Crippen LogP contribution in [0.5, 0.6) is 5.75 Å². The number of hydrogen-bond donors (Lipinski definition) is 0. The van der Waals surface area contributed by atoms with Crippen LogP contribution in [0.1, 0.15) is 62.3 Å². The number of para-hydroxylation sites is 2. The van der Waals surface area contributed by atoms with Crippen LogP contribution in [0, 0.1) is 6.92 Å². The highest BCUT2D eigenvalue weighted by atomic mass is 35.5. The number of carbonyl (C=O) groups excluding carboxylic acids is 1. The molecule has 1 atom stereocenters. The van der Waals surface area contributed by atoms with Gasteiger partial charge in [-0.15, -0.1) is 0 Å². The third-order valence-electron chi connectivity index (χ3n) is 7.15. The maximum absolute atomic E-state index is 12.9. The molecule has 1 aromatic heterocycles. The number of aryl methyl sites for hydroxylation is 2. The van der Waals surface area contributed by atoms with Crippen molar-refractivity contribution in [3.05, 3.63) is 58.9 Å². The van der Waals surface area contributed by atoms with Crippen LogP contribution in [0.2, 0.25) is 5.02 Å². The molecule has 5 rings (SSSR count). The molecule has 2 fully saturated rings. The monoisotopic (exact) mass is 465 g/mol. The van der Waals surface area contributed by atoms with Gasteiger partial charge in [0.1, 0.15) is 11.6 Å². The zero-order valence-electron chi connectivity index (χ0n) is 19.3. The molecule has 1 aliphatic heterocycles. The predicted octanol–water partition coefficient (Wildman–Crippen LogP) is 6.12. The van der Waals surface area contributed by atoms with Gasteiger partial charge in [-0.25, -0.2) is 4.98 Å². The maximum Gasteiger partial charge on any atom is 0.223 e. The Bertz CT molecular complexity index is 1140. The van der Waals surface area contributed by atoms with Crippen molar-refractivity contribution in [1.29, 1.82) is 0 Å². The number of aromatic nitrogens is 2. The Morgan fingerprint density at radius 3 is 2.76 bits per heavy atom. The summed E-state index contributed by atoms with van der Waals surface area (Å²) >= 11 is 6.12. The minimum atomic E-state index is 0.159. The van der Waals surface area contributed by atoms with Crippen molar-refractivity contribution in [3.8, 4) is 5.75 Å². The number of imidazole rings is 1. The lowest BCUT2D eigenvalue weighted by Crippen LogP contribution is -2.37. The molecule has 0 N–H and O–H groups in total. The number of fused-ring (bicyclic) bond motifs is 1. The summed E-state index contributed by atoms with van der Waals surface area (Å²) in [5, 5.41) is 0.755. The first-order valence-electron chi connectivity index (χ1n) is 12.2. The van der Waals surface area contributed by atoms with Gasteiger partial charge in [-0.1, -0.05) is 43.0 Å². The first-order chi connectivity index (χ1) is 16.1. The Morgan fingerprint density at radius 2 is 1.94 bits per heavy atom. The van der Waals surface area contributed by atoms with Crippen molar-refractivity contribution in [2.75, 3.05) is 13.2 Å². The number of rotatable bonds is 7. The molecular weight excluding hydrogens is 434 g/mol. The lowest BCUT2D eigenvalue weighted by Gasteiger charge is -2.31. The van der Waals surface area contributed by atoms with Crippen LogP contribution in [-0.4, -0.2) is 39.6 Å². The number of benzene rings is 2. The molecule has 1 unspecified atom stereocenters. The molecule has 1 saturated carbocycles. The average Bonchev–Trinajstić information content (AvgIpc) is 3.40. The summed E-state index contributed by atoms with van der Waals surface area (Å²) in [5.41, 5.74) is 3.16. The molecule has 2 aromatic carbocycles. The molecule has 5 nitrogen and oxygen atoms in total. The topological polar surface area (TPSA) is 47.4 Å². The van der Waals surface area contributed by atoms with E-state index in [1.54, 1.807) is 0 Å². The van der Waals surface area contributed by atoms with Gasteiger partial charge in [0.05, 0.1) is 17.6 Å². The van der Waals surface area contributed by atoms with E-state index in [-0.39, 0.29) is 5.92 Å². The SMILES string of the molecule is Cc1cc(OCCCn2c(C3CC(=O)N(C4CCCCC4)C3)nc3ccccc32)ccc1Cl. The second-order valence-corrected chi connectivity index (χ2v) is 9.87. The summed E-state index contributed by atoms with van der Waals surface area (Å²) in [4.78, 5) is 20.1. The summed E-state index contributed by atoms with van der Waals surface area (Å²) < 4.78 is 8.29. The quantitative estimate of drug-likeness (QED) is 0.395. The van der Waals surface area contributed by atoms with Crippen LogP contribution < -0.4 is 4.74 Å². The highest BCUT2D eigenvalue weighted by molar-refractivity contribution is 6.31. The molecule has 1 amide bonds. The van der Waals surface area contributed by atoms with Crippen molar-refractivity contribution < 1.29 is 9.53 Å². The second-order valence-electron chi connectivity index (χ2n) is 9.46. The van der Waals surface area contributed by atoms with E-state index < -0.39 is 0 Å². The second kappa shape index (κ2) is 9.76. The van der Waals surface area contributed by atoms with Crippen LogP contribution in [0.25, 0.3) is 11.0 Å². The van der Waals surface area contributed by atoms with E-state index in [2.05, 4.69) is 27.7 Å². The predicted molar refractivity (Wildman–Crippen MR) is 132 cm³/mol. The molecule has 0 bridgehead atoms. The van der Waals surface area contributed by atoms with Crippen LogP contribution >= 0.6 is 11.6 Å². The summed E-state index contributed by atoms with van der Waals surface area (Å²) in [5.74, 6) is 2.35. The summed E-state index contributed by atoms with van der Waals surface area (Å²) in [7, 11) is 0. The lowest BCUT2D eigenvalue weighted by atomic mass is 9.94. The molecule has 3 aromatic rings. The molecule has 174 valence electrons. The fourth-order valence-electron chi connectivity index (χ4n) is 5.41. The standard InChI is InChI=1S/C27H32ClN3O2/c1-19-16-22(12-13-23(19)28)33-15-7-14-30-25-11-6-5-10-24(25)29-27(30)20-17-26(32)31(18-20)21-8-3-2-4-9-21/h5-6,10-13,16,20-21H,2-4,7-9,14-15,17-18H2,1H3. The van der Waals surface area contributed by atoms with Crippen molar-refractivity contribution in [2.24, 2.45) is 0 Å². The van der Waals surface area contributed by atoms with Gasteiger partial charge in [0.15, 0.2) is 0 Å². The number of likely N-dealkylation sites (tertiary alicyclic amines) is 1. The van der Waals surface area contributed by atoms with Crippen molar-refractivity contribution >= 4 is 28.5 Å². The number of ether oxygens (including phenoxy) is 1. The molecular formula is C27H32ClN3O2. The summed E-state index contributed by atoms with van der Waals surface area (Å²) in [6.07, 6.45) is 7.51. The minimum Gasteiger partial charge on any atom is -0.494 e. The molecule has 2 aliphatic rings. The van der Waals surface area contributed by atoms with Gasteiger partial charge in [-0.3, -0.25) is 4.79 Å². The molecule has 6 heteroatoms. The fraction of sp³-hybridized carbons (Fsp3) is 0.481. The van der Waals surface area contributed by atoms with E-state index in [9.17, 15) is 4.79 Å². The zero-order valence-corrected chi connectivity index (χ0v) is 20.1. The third kappa shape index (κ3) is 4.74. The van der Waals surface area contributed by atoms with E-state index in [0.29, 0.717) is 25.0 Å². The minimum absolute atomic E-state index is 0.159. The van der Waals surface area contributed by atoms with E-state index in [1.807, 2.05) is 31.2 Å². The Labute approximate surface area is 200 Å². The Hall–Kier alpha value is -2.53. The number of hydrogen-bond acceptors (Lipinski definition) is 3. The van der Waals surface area contributed by atoms with Crippen molar-refractivity contribution in [3.63, 3.8) is 0 Å². The number of carbonyl (C=O) groups is 1. The van der Waals surface area contributed by atoms with Gasteiger partial charge in [-0.2, -0.15) is 0 Å². The number of amides is 1. The lowest BCUT2D eigenvalue weighted by molar-refractivity contribution is -0.130. The Balaban J connectivity index is 1.30. The van der Waals surface area contributed by atoms with Crippen molar-refractivity contribution in [1.82, 2.24) is 14.5 Å². The number of nitrogens with zero attached hydrogens (tertiary/aromatic N) is 3.